The van der Waals surface area contributed by atoms with Crippen molar-refractivity contribution < 1.29 is 9.59 Å². The van der Waals surface area contributed by atoms with Gasteiger partial charge in [0.15, 0.2) is 0 Å². The molecule has 138 valence electrons. The summed E-state index contributed by atoms with van der Waals surface area (Å²) >= 11 is 6.13. The Balaban J connectivity index is 2.09. The Labute approximate surface area is 160 Å². The van der Waals surface area contributed by atoms with Crippen LogP contribution in [0.4, 0.5) is 0 Å². The molecule has 2 aromatic carbocycles. The van der Waals surface area contributed by atoms with E-state index < -0.39 is 6.04 Å². The molecule has 5 heteroatoms. The average molecular weight is 373 g/mol. The Morgan fingerprint density at radius 3 is 2.23 bits per heavy atom. The molecule has 0 fully saturated rings. The topological polar surface area (TPSA) is 49.4 Å². The van der Waals surface area contributed by atoms with Crippen molar-refractivity contribution in [3.05, 3.63) is 70.7 Å². The number of hydrogen-bond acceptors (Lipinski definition) is 2. The number of benzene rings is 2. The Morgan fingerprint density at radius 1 is 1.00 bits per heavy atom. The van der Waals surface area contributed by atoms with Gasteiger partial charge in [0.1, 0.15) is 6.04 Å². The summed E-state index contributed by atoms with van der Waals surface area (Å²) in [5, 5.41) is 3.49. The van der Waals surface area contributed by atoms with Crippen molar-refractivity contribution in [2.24, 2.45) is 5.92 Å². The van der Waals surface area contributed by atoms with Crippen LogP contribution in [0.3, 0.4) is 0 Å². The number of halogens is 1. The second-order valence-corrected chi connectivity index (χ2v) is 7.00. The van der Waals surface area contributed by atoms with Gasteiger partial charge in [0.25, 0.3) is 0 Å². The quantitative estimate of drug-likeness (QED) is 0.797. The van der Waals surface area contributed by atoms with E-state index in [-0.39, 0.29) is 17.7 Å². The first kappa shape index (κ1) is 20.0. The van der Waals surface area contributed by atoms with Gasteiger partial charge in [-0.05, 0) is 24.1 Å². The van der Waals surface area contributed by atoms with Crippen molar-refractivity contribution in [3.63, 3.8) is 0 Å². The number of nitrogens with one attached hydrogen (secondary N) is 1. The van der Waals surface area contributed by atoms with Gasteiger partial charge in [-0.2, -0.15) is 0 Å². The highest BCUT2D eigenvalue weighted by Crippen LogP contribution is 2.16. The van der Waals surface area contributed by atoms with E-state index in [9.17, 15) is 9.59 Å². The third kappa shape index (κ3) is 5.33. The molecule has 1 N–H and O–H groups in total. The van der Waals surface area contributed by atoms with E-state index in [2.05, 4.69) is 5.32 Å². The minimum absolute atomic E-state index is 0.0470. The molecule has 0 heterocycles. The third-order valence-electron chi connectivity index (χ3n) is 4.23. The van der Waals surface area contributed by atoms with Crippen LogP contribution in [0.1, 0.15) is 31.9 Å². The molecule has 0 aromatic heterocycles. The first-order valence-electron chi connectivity index (χ1n) is 8.75. The largest absolute Gasteiger partial charge is 0.350 e. The van der Waals surface area contributed by atoms with Crippen LogP contribution in [-0.2, 0) is 22.7 Å². The highest BCUT2D eigenvalue weighted by Gasteiger charge is 2.27. The van der Waals surface area contributed by atoms with Crippen LogP contribution >= 0.6 is 11.6 Å². The van der Waals surface area contributed by atoms with E-state index in [1.165, 1.54) is 0 Å². The number of rotatable bonds is 7. The molecular weight excluding hydrogens is 348 g/mol. The van der Waals surface area contributed by atoms with Crippen LogP contribution < -0.4 is 5.32 Å². The second kappa shape index (κ2) is 9.39. The zero-order valence-corrected chi connectivity index (χ0v) is 16.2. The fourth-order valence-electron chi connectivity index (χ4n) is 2.63. The van der Waals surface area contributed by atoms with E-state index in [4.69, 9.17) is 11.6 Å². The standard InChI is InChI=1S/C21H25ClN2O2/c1-15(2)21(26)24(14-17-9-5-4-6-10-17)16(3)20(25)23-13-18-11-7-8-12-19(18)22/h4-12,15-16H,13-14H2,1-3H3,(H,23,25)/t16-/m1/s1. The summed E-state index contributed by atoms with van der Waals surface area (Å²) in [4.78, 5) is 26.9. The van der Waals surface area contributed by atoms with Crippen molar-refractivity contribution >= 4 is 23.4 Å². The van der Waals surface area contributed by atoms with Gasteiger partial charge in [-0.1, -0.05) is 74.0 Å². The molecule has 2 aromatic rings. The van der Waals surface area contributed by atoms with Crippen LogP contribution in [0.15, 0.2) is 54.6 Å². The molecule has 0 saturated carbocycles. The molecule has 0 aliphatic rings. The SMILES string of the molecule is CC(C)C(=O)N(Cc1ccccc1)[C@H](C)C(=O)NCc1ccccc1Cl. The molecule has 0 radical (unpaired) electrons. The first-order valence-corrected chi connectivity index (χ1v) is 9.13. The Bertz CT molecular complexity index is 747. The van der Waals surface area contributed by atoms with Crippen LogP contribution in [-0.4, -0.2) is 22.8 Å². The summed E-state index contributed by atoms with van der Waals surface area (Å²) in [6.07, 6.45) is 0. The normalized spacial score (nSPS) is 11.9. The van der Waals surface area contributed by atoms with Gasteiger partial charge in [-0.15, -0.1) is 0 Å². The van der Waals surface area contributed by atoms with Crippen molar-refractivity contribution in [2.75, 3.05) is 0 Å². The predicted molar refractivity (Wildman–Crippen MR) is 105 cm³/mol. The van der Waals surface area contributed by atoms with Gasteiger partial charge in [-0.25, -0.2) is 0 Å². The summed E-state index contributed by atoms with van der Waals surface area (Å²) in [5.41, 5.74) is 1.84. The lowest BCUT2D eigenvalue weighted by Crippen LogP contribution is -2.48. The average Bonchev–Trinajstić information content (AvgIpc) is 2.65. The van der Waals surface area contributed by atoms with Crippen molar-refractivity contribution in [1.29, 1.82) is 0 Å². The van der Waals surface area contributed by atoms with Crippen molar-refractivity contribution in [3.8, 4) is 0 Å². The first-order chi connectivity index (χ1) is 12.4. The molecule has 0 aliphatic carbocycles. The second-order valence-electron chi connectivity index (χ2n) is 6.59. The zero-order valence-electron chi connectivity index (χ0n) is 15.4. The molecule has 2 rings (SSSR count). The molecule has 0 bridgehead atoms. The van der Waals surface area contributed by atoms with E-state index in [0.29, 0.717) is 18.1 Å². The number of nitrogens with zero attached hydrogens (tertiary/aromatic N) is 1. The summed E-state index contributed by atoms with van der Waals surface area (Å²) < 4.78 is 0. The van der Waals surface area contributed by atoms with E-state index >= 15 is 0 Å². The van der Waals surface area contributed by atoms with E-state index in [1.54, 1.807) is 17.9 Å². The van der Waals surface area contributed by atoms with Crippen LogP contribution in [0.5, 0.6) is 0 Å². The third-order valence-corrected chi connectivity index (χ3v) is 4.60. The fourth-order valence-corrected chi connectivity index (χ4v) is 2.83. The molecule has 0 spiro atoms. The molecule has 0 aliphatic heterocycles. The lowest BCUT2D eigenvalue weighted by molar-refractivity contribution is -0.143. The van der Waals surface area contributed by atoms with Gasteiger partial charge in [0, 0.05) is 24.0 Å². The molecule has 4 nitrogen and oxygen atoms in total. The predicted octanol–water partition coefficient (Wildman–Crippen LogP) is 4.03. The van der Waals surface area contributed by atoms with E-state index in [0.717, 1.165) is 11.1 Å². The highest BCUT2D eigenvalue weighted by molar-refractivity contribution is 6.31. The minimum atomic E-state index is -0.576. The molecule has 1 atom stereocenters. The number of carbonyl (C=O) groups excluding carboxylic acids is 2. The summed E-state index contributed by atoms with van der Waals surface area (Å²) in [6, 6.07) is 16.5. The van der Waals surface area contributed by atoms with Gasteiger partial charge in [-0.3, -0.25) is 9.59 Å². The van der Waals surface area contributed by atoms with Crippen LogP contribution in [0.2, 0.25) is 5.02 Å². The Hall–Kier alpha value is -2.33. The summed E-state index contributed by atoms with van der Waals surface area (Å²) in [5.74, 6) is -0.429. The maximum Gasteiger partial charge on any atom is 0.242 e. The summed E-state index contributed by atoms with van der Waals surface area (Å²) in [6.45, 7) is 6.17. The monoisotopic (exact) mass is 372 g/mol. The number of hydrogen-bond donors (Lipinski definition) is 1. The number of carbonyl (C=O) groups is 2. The lowest BCUT2D eigenvalue weighted by Gasteiger charge is -2.30. The van der Waals surface area contributed by atoms with Gasteiger partial charge in [0.05, 0.1) is 0 Å². The van der Waals surface area contributed by atoms with Gasteiger partial charge >= 0.3 is 0 Å². The Kier molecular flexibility index (Phi) is 7.22. The zero-order chi connectivity index (χ0) is 19.1. The van der Waals surface area contributed by atoms with Crippen molar-refractivity contribution in [1.82, 2.24) is 10.2 Å². The highest BCUT2D eigenvalue weighted by atomic mass is 35.5. The maximum atomic E-state index is 12.6. The smallest absolute Gasteiger partial charge is 0.242 e. The molecular formula is C21H25ClN2O2. The lowest BCUT2D eigenvalue weighted by atomic mass is 10.1. The number of amides is 2. The minimum Gasteiger partial charge on any atom is -0.350 e. The summed E-state index contributed by atoms with van der Waals surface area (Å²) in [7, 11) is 0. The van der Waals surface area contributed by atoms with Gasteiger partial charge < -0.3 is 10.2 Å². The van der Waals surface area contributed by atoms with Gasteiger partial charge in [0.2, 0.25) is 11.8 Å². The molecule has 0 saturated heterocycles. The molecule has 26 heavy (non-hydrogen) atoms. The van der Waals surface area contributed by atoms with Crippen LogP contribution in [0.25, 0.3) is 0 Å². The maximum absolute atomic E-state index is 12.6. The molecule has 0 unspecified atom stereocenters. The Morgan fingerprint density at radius 2 is 1.62 bits per heavy atom. The molecule has 2 amide bonds. The fraction of sp³-hybridized carbons (Fsp3) is 0.333. The van der Waals surface area contributed by atoms with Crippen molar-refractivity contribution in [2.45, 2.75) is 39.9 Å². The van der Waals surface area contributed by atoms with E-state index in [1.807, 2.05) is 62.4 Å². The van der Waals surface area contributed by atoms with Crippen LogP contribution in [0, 0.1) is 5.92 Å².